The first-order valence-electron chi connectivity index (χ1n) is 6.87. The van der Waals surface area contributed by atoms with E-state index in [1.165, 1.54) is 0 Å². The molecule has 0 radical (unpaired) electrons. The molecule has 3 nitrogen and oxygen atoms in total. The Kier molecular flexibility index (Phi) is 3.60. The molecule has 1 amide bonds. The number of ether oxygens (including phenoxy) is 1. The lowest BCUT2D eigenvalue weighted by molar-refractivity contribution is -0.118. The Morgan fingerprint density at radius 3 is 2.48 bits per heavy atom. The van der Waals surface area contributed by atoms with Crippen LogP contribution in [0.15, 0.2) is 48.5 Å². The van der Waals surface area contributed by atoms with Gasteiger partial charge in [0.1, 0.15) is 5.75 Å². The minimum absolute atomic E-state index is 0.0277. The summed E-state index contributed by atoms with van der Waals surface area (Å²) in [7, 11) is 1.59. The maximum Gasteiger partial charge on any atom is 0.235 e. The molecule has 1 N–H and O–H groups in total. The van der Waals surface area contributed by atoms with E-state index in [2.05, 4.69) is 5.32 Å². The predicted molar refractivity (Wildman–Crippen MR) is 84.0 cm³/mol. The number of methoxy groups -OCH3 is 1. The first kappa shape index (κ1) is 14.0. The van der Waals surface area contributed by atoms with Crippen molar-refractivity contribution in [3.8, 4) is 5.75 Å². The highest BCUT2D eigenvalue weighted by atomic mass is 35.5. The predicted octanol–water partition coefficient (Wildman–Crippen LogP) is 4.02. The quantitative estimate of drug-likeness (QED) is 0.926. The second-order valence-electron chi connectivity index (χ2n) is 5.22. The molecular weight excluding hydrogens is 286 g/mol. The van der Waals surface area contributed by atoms with Gasteiger partial charge in [-0.05, 0) is 36.6 Å². The highest BCUT2D eigenvalue weighted by Gasteiger charge is 2.52. The fourth-order valence-corrected chi connectivity index (χ4v) is 2.90. The van der Waals surface area contributed by atoms with Crippen molar-refractivity contribution in [3.63, 3.8) is 0 Å². The fraction of sp³-hybridized carbons (Fsp3) is 0.235. The summed E-state index contributed by atoms with van der Waals surface area (Å²) in [5.41, 5.74) is 1.08. The molecule has 0 heterocycles. The number of carbonyl (C=O) groups is 1. The Morgan fingerprint density at radius 2 is 1.81 bits per heavy atom. The van der Waals surface area contributed by atoms with E-state index in [9.17, 15) is 4.79 Å². The zero-order valence-electron chi connectivity index (χ0n) is 11.7. The van der Waals surface area contributed by atoms with E-state index >= 15 is 0 Å². The second kappa shape index (κ2) is 5.41. The minimum Gasteiger partial charge on any atom is -0.495 e. The van der Waals surface area contributed by atoms with Crippen LogP contribution in [0.4, 0.5) is 5.69 Å². The summed E-state index contributed by atoms with van der Waals surface area (Å²) in [5.74, 6) is 0.626. The summed E-state index contributed by atoms with van der Waals surface area (Å²) in [6, 6.07) is 14.9. The molecule has 3 rings (SSSR count). The number of anilines is 1. The molecular formula is C17H16ClNO2. The van der Waals surface area contributed by atoms with Crippen LogP contribution in [0.1, 0.15) is 18.4 Å². The van der Waals surface area contributed by atoms with Crippen molar-refractivity contribution in [1.82, 2.24) is 0 Å². The summed E-state index contributed by atoms with van der Waals surface area (Å²) in [6.07, 6.45) is 1.63. The van der Waals surface area contributed by atoms with Crippen molar-refractivity contribution < 1.29 is 9.53 Å². The summed E-state index contributed by atoms with van der Waals surface area (Å²) in [5, 5.41) is 3.61. The van der Waals surface area contributed by atoms with Gasteiger partial charge in [-0.3, -0.25) is 4.79 Å². The first-order chi connectivity index (χ1) is 10.2. The van der Waals surface area contributed by atoms with Crippen LogP contribution in [-0.2, 0) is 10.2 Å². The molecule has 21 heavy (non-hydrogen) atoms. The molecule has 2 aromatic rings. The number of benzene rings is 2. The third-order valence-corrected chi connectivity index (χ3v) is 4.26. The lowest BCUT2D eigenvalue weighted by atomic mass is 9.94. The number of hydrogen-bond donors (Lipinski definition) is 1. The molecule has 0 aromatic heterocycles. The number of para-hydroxylation sites is 2. The van der Waals surface area contributed by atoms with Gasteiger partial charge in [-0.25, -0.2) is 0 Å². The minimum atomic E-state index is -0.501. The number of amides is 1. The lowest BCUT2D eigenvalue weighted by Gasteiger charge is -2.18. The van der Waals surface area contributed by atoms with Gasteiger partial charge in [0.2, 0.25) is 5.91 Å². The third kappa shape index (κ3) is 2.49. The molecule has 4 heteroatoms. The van der Waals surface area contributed by atoms with Gasteiger partial charge < -0.3 is 10.1 Å². The molecule has 0 aliphatic heterocycles. The zero-order chi connectivity index (χ0) is 14.9. The number of carbonyl (C=O) groups excluding carboxylic acids is 1. The van der Waals surface area contributed by atoms with Crippen molar-refractivity contribution >= 4 is 23.2 Å². The largest absolute Gasteiger partial charge is 0.495 e. The van der Waals surface area contributed by atoms with Crippen molar-refractivity contribution in [2.45, 2.75) is 18.3 Å². The van der Waals surface area contributed by atoms with E-state index in [0.717, 1.165) is 18.4 Å². The second-order valence-corrected chi connectivity index (χ2v) is 5.62. The Hall–Kier alpha value is -2.00. The van der Waals surface area contributed by atoms with Gasteiger partial charge in [-0.1, -0.05) is 41.9 Å². The van der Waals surface area contributed by atoms with Gasteiger partial charge in [0.15, 0.2) is 0 Å². The highest BCUT2D eigenvalue weighted by molar-refractivity contribution is 6.32. The van der Waals surface area contributed by atoms with Gasteiger partial charge in [0, 0.05) is 5.02 Å². The topological polar surface area (TPSA) is 38.3 Å². The van der Waals surface area contributed by atoms with Crippen LogP contribution in [-0.4, -0.2) is 13.0 Å². The molecule has 1 saturated carbocycles. The molecule has 0 bridgehead atoms. The Labute approximate surface area is 128 Å². The highest BCUT2D eigenvalue weighted by Crippen LogP contribution is 2.51. The van der Waals surface area contributed by atoms with Crippen LogP contribution in [0.3, 0.4) is 0 Å². The molecule has 0 saturated heterocycles. The number of hydrogen-bond acceptors (Lipinski definition) is 2. The van der Waals surface area contributed by atoms with Crippen LogP contribution in [0.25, 0.3) is 0 Å². The average molecular weight is 302 g/mol. The SMILES string of the molecule is COc1ccccc1NC(=O)C1(c2ccccc2Cl)CC1. The summed E-state index contributed by atoms with van der Waals surface area (Å²) in [4.78, 5) is 12.7. The molecule has 0 spiro atoms. The number of nitrogens with one attached hydrogen (secondary N) is 1. The first-order valence-corrected chi connectivity index (χ1v) is 7.25. The standard InChI is InChI=1S/C17H16ClNO2/c1-21-15-9-5-4-8-14(15)19-16(20)17(10-11-17)12-6-2-3-7-13(12)18/h2-9H,10-11H2,1H3,(H,19,20). The molecule has 0 unspecified atom stereocenters. The molecule has 1 fully saturated rings. The van der Waals surface area contributed by atoms with Crippen molar-refractivity contribution in [3.05, 3.63) is 59.1 Å². The van der Waals surface area contributed by atoms with Crippen molar-refractivity contribution in [2.24, 2.45) is 0 Å². The van der Waals surface area contributed by atoms with Crippen LogP contribution >= 0.6 is 11.6 Å². The smallest absolute Gasteiger partial charge is 0.235 e. The Morgan fingerprint density at radius 1 is 1.14 bits per heavy atom. The number of rotatable bonds is 4. The number of halogens is 1. The third-order valence-electron chi connectivity index (χ3n) is 3.93. The van der Waals surface area contributed by atoms with Crippen LogP contribution in [0, 0.1) is 0 Å². The molecule has 1 aliphatic rings. The Bertz CT molecular complexity index is 680. The molecule has 108 valence electrons. The van der Waals surface area contributed by atoms with Crippen LogP contribution < -0.4 is 10.1 Å². The van der Waals surface area contributed by atoms with Crippen LogP contribution in [0.2, 0.25) is 5.02 Å². The van der Waals surface area contributed by atoms with Crippen molar-refractivity contribution in [2.75, 3.05) is 12.4 Å². The van der Waals surface area contributed by atoms with Gasteiger partial charge in [0.25, 0.3) is 0 Å². The van der Waals surface area contributed by atoms with Gasteiger partial charge in [0.05, 0.1) is 18.2 Å². The summed E-state index contributed by atoms with van der Waals surface area (Å²) < 4.78 is 5.27. The van der Waals surface area contributed by atoms with Crippen molar-refractivity contribution in [1.29, 1.82) is 0 Å². The molecule has 1 aliphatic carbocycles. The molecule has 2 aromatic carbocycles. The van der Waals surface area contributed by atoms with E-state index in [1.807, 2.05) is 48.5 Å². The zero-order valence-corrected chi connectivity index (χ0v) is 12.5. The van der Waals surface area contributed by atoms with E-state index < -0.39 is 5.41 Å². The van der Waals surface area contributed by atoms with E-state index in [4.69, 9.17) is 16.3 Å². The Balaban J connectivity index is 1.88. The maximum absolute atomic E-state index is 12.7. The van der Waals surface area contributed by atoms with Gasteiger partial charge in [-0.15, -0.1) is 0 Å². The van der Waals surface area contributed by atoms with Gasteiger partial charge >= 0.3 is 0 Å². The summed E-state index contributed by atoms with van der Waals surface area (Å²) >= 11 is 6.25. The average Bonchev–Trinajstić information content (AvgIpc) is 3.30. The van der Waals surface area contributed by atoms with Crippen LogP contribution in [0.5, 0.6) is 5.75 Å². The normalized spacial score (nSPS) is 15.3. The monoisotopic (exact) mass is 301 g/mol. The van der Waals surface area contributed by atoms with E-state index in [1.54, 1.807) is 7.11 Å². The van der Waals surface area contributed by atoms with E-state index in [-0.39, 0.29) is 5.91 Å². The fourth-order valence-electron chi connectivity index (χ4n) is 2.58. The van der Waals surface area contributed by atoms with Gasteiger partial charge in [-0.2, -0.15) is 0 Å². The maximum atomic E-state index is 12.7. The molecule has 0 atom stereocenters. The lowest BCUT2D eigenvalue weighted by Crippen LogP contribution is -2.28. The van der Waals surface area contributed by atoms with E-state index in [0.29, 0.717) is 16.5 Å². The summed E-state index contributed by atoms with van der Waals surface area (Å²) in [6.45, 7) is 0.